The van der Waals surface area contributed by atoms with E-state index in [0.29, 0.717) is 11.8 Å². The molecule has 1 aliphatic rings. The van der Waals surface area contributed by atoms with Gasteiger partial charge >= 0.3 is 0 Å². The molecule has 5 nitrogen and oxygen atoms in total. The van der Waals surface area contributed by atoms with Crippen LogP contribution in [0.1, 0.15) is 24.7 Å². The van der Waals surface area contributed by atoms with Crippen LogP contribution in [-0.2, 0) is 5.75 Å². The highest BCUT2D eigenvalue weighted by Gasteiger charge is 2.29. The molecule has 1 fully saturated rings. The summed E-state index contributed by atoms with van der Waals surface area (Å²) < 4.78 is 2.64. The van der Waals surface area contributed by atoms with Crippen LogP contribution in [0, 0.1) is 0 Å². The second-order valence-corrected chi connectivity index (χ2v) is 7.78. The summed E-state index contributed by atoms with van der Waals surface area (Å²) in [5.41, 5.74) is 2.90. The lowest BCUT2D eigenvalue weighted by Gasteiger charge is -2.10. The molecule has 1 aliphatic carbocycles. The fraction of sp³-hybridized carbons (Fsp3) is 0.235. The fourth-order valence-electron chi connectivity index (χ4n) is 2.87. The average molecular weight is 354 g/mol. The van der Waals surface area contributed by atoms with E-state index in [1.165, 1.54) is 11.3 Å². The second-order valence-electron chi connectivity index (χ2n) is 5.92. The standard InChI is InChI=1S/C17H14N4OS2/c22-16-15-13(7-8-23-15)20-17(21(16)10-5-6-10)24-9-14-18-11-3-1-2-4-12(11)19-14/h1-4,7-8,10H,5-6,9H2,(H,18,19). The molecule has 7 heteroatoms. The quantitative estimate of drug-likeness (QED) is 0.445. The molecule has 0 radical (unpaired) electrons. The molecule has 24 heavy (non-hydrogen) atoms. The van der Waals surface area contributed by atoms with Gasteiger partial charge < -0.3 is 4.98 Å². The summed E-state index contributed by atoms with van der Waals surface area (Å²) in [4.78, 5) is 25.4. The van der Waals surface area contributed by atoms with Gasteiger partial charge in [-0.1, -0.05) is 23.9 Å². The lowest BCUT2D eigenvalue weighted by molar-refractivity contribution is 0.619. The zero-order valence-electron chi connectivity index (χ0n) is 12.7. The maximum atomic E-state index is 12.7. The summed E-state index contributed by atoms with van der Waals surface area (Å²) in [6.07, 6.45) is 2.13. The van der Waals surface area contributed by atoms with Crippen molar-refractivity contribution in [1.82, 2.24) is 19.5 Å². The highest BCUT2D eigenvalue weighted by Crippen LogP contribution is 2.37. The number of nitrogens with one attached hydrogen (secondary N) is 1. The number of aromatic nitrogens is 4. The molecule has 1 saturated carbocycles. The number of hydrogen-bond acceptors (Lipinski definition) is 5. The predicted octanol–water partition coefficient (Wildman–Crippen LogP) is 3.96. The number of para-hydroxylation sites is 2. The van der Waals surface area contributed by atoms with Crippen molar-refractivity contribution in [2.75, 3.05) is 0 Å². The van der Waals surface area contributed by atoms with E-state index in [1.54, 1.807) is 11.8 Å². The van der Waals surface area contributed by atoms with E-state index in [9.17, 15) is 4.79 Å². The number of imidazole rings is 1. The molecule has 0 saturated heterocycles. The normalized spacial score (nSPS) is 14.7. The van der Waals surface area contributed by atoms with Crippen molar-refractivity contribution in [3.63, 3.8) is 0 Å². The number of thiophene rings is 1. The van der Waals surface area contributed by atoms with Crippen LogP contribution in [0.4, 0.5) is 0 Å². The first kappa shape index (κ1) is 14.2. The van der Waals surface area contributed by atoms with Gasteiger partial charge in [0.05, 0.1) is 22.3 Å². The van der Waals surface area contributed by atoms with Crippen LogP contribution in [0.25, 0.3) is 21.3 Å². The van der Waals surface area contributed by atoms with Gasteiger partial charge in [0, 0.05) is 6.04 Å². The van der Waals surface area contributed by atoms with Crippen molar-refractivity contribution < 1.29 is 0 Å². The van der Waals surface area contributed by atoms with E-state index >= 15 is 0 Å². The topological polar surface area (TPSA) is 63.6 Å². The number of fused-ring (bicyclic) bond motifs is 2. The Morgan fingerprint density at radius 1 is 1.21 bits per heavy atom. The van der Waals surface area contributed by atoms with Crippen molar-refractivity contribution in [1.29, 1.82) is 0 Å². The molecule has 0 unspecified atom stereocenters. The fourth-order valence-corrected chi connectivity index (χ4v) is 4.57. The second kappa shape index (κ2) is 5.46. The molecule has 0 amide bonds. The van der Waals surface area contributed by atoms with Crippen LogP contribution in [-0.4, -0.2) is 19.5 Å². The third kappa shape index (κ3) is 2.35. The van der Waals surface area contributed by atoms with Gasteiger partial charge in [0.2, 0.25) is 0 Å². The Morgan fingerprint density at radius 2 is 2.08 bits per heavy atom. The molecule has 120 valence electrons. The Balaban J connectivity index is 1.51. The number of H-pyrrole nitrogens is 1. The monoisotopic (exact) mass is 354 g/mol. The van der Waals surface area contributed by atoms with E-state index in [4.69, 9.17) is 4.98 Å². The van der Waals surface area contributed by atoms with Crippen LogP contribution >= 0.6 is 23.1 Å². The zero-order chi connectivity index (χ0) is 16.1. The van der Waals surface area contributed by atoms with Crippen LogP contribution in [0.2, 0.25) is 0 Å². The molecule has 0 atom stereocenters. The Kier molecular flexibility index (Phi) is 3.24. The van der Waals surface area contributed by atoms with E-state index < -0.39 is 0 Å². The van der Waals surface area contributed by atoms with Gasteiger partial charge in [0.15, 0.2) is 5.16 Å². The van der Waals surface area contributed by atoms with Gasteiger partial charge in [0.1, 0.15) is 10.5 Å². The summed E-state index contributed by atoms with van der Waals surface area (Å²) in [7, 11) is 0. The number of aromatic amines is 1. The first-order chi connectivity index (χ1) is 11.8. The van der Waals surface area contributed by atoms with E-state index in [0.717, 1.165) is 45.1 Å². The smallest absolute Gasteiger partial charge is 0.272 e. The Labute approximate surface area is 145 Å². The van der Waals surface area contributed by atoms with Crippen molar-refractivity contribution >= 4 is 44.3 Å². The Morgan fingerprint density at radius 3 is 2.92 bits per heavy atom. The van der Waals surface area contributed by atoms with Crippen LogP contribution in [0.5, 0.6) is 0 Å². The summed E-state index contributed by atoms with van der Waals surface area (Å²) in [5, 5.41) is 2.73. The molecular formula is C17H14N4OS2. The van der Waals surface area contributed by atoms with Gasteiger partial charge in [-0.05, 0) is 36.4 Å². The van der Waals surface area contributed by atoms with E-state index in [1.807, 2.05) is 40.3 Å². The van der Waals surface area contributed by atoms with Gasteiger partial charge in [-0.15, -0.1) is 11.3 Å². The van der Waals surface area contributed by atoms with Crippen LogP contribution in [0.3, 0.4) is 0 Å². The third-order valence-corrected chi connectivity index (χ3v) is 6.02. The van der Waals surface area contributed by atoms with E-state index in [-0.39, 0.29) is 5.56 Å². The minimum absolute atomic E-state index is 0.101. The number of rotatable bonds is 4. The minimum atomic E-state index is 0.101. The molecular weight excluding hydrogens is 340 g/mol. The average Bonchev–Trinajstić information content (AvgIpc) is 3.16. The maximum absolute atomic E-state index is 12.7. The van der Waals surface area contributed by atoms with Gasteiger partial charge in [0.25, 0.3) is 5.56 Å². The van der Waals surface area contributed by atoms with Crippen molar-refractivity contribution in [3.05, 3.63) is 51.9 Å². The number of hydrogen-bond donors (Lipinski definition) is 1. The molecule has 0 bridgehead atoms. The number of thioether (sulfide) groups is 1. The zero-order valence-corrected chi connectivity index (χ0v) is 14.4. The van der Waals surface area contributed by atoms with Crippen molar-refractivity contribution in [3.8, 4) is 0 Å². The minimum Gasteiger partial charge on any atom is -0.341 e. The van der Waals surface area contributed by atoms with Gasteiger partial charge in [-0.2, -0.15) is 0 Å². The van der Waals surface area contributed by atoms with Crippen LogP contribution in [0.15, 0.2) is 45.7 Å². The SMILES string of the molecule is O=c1c2sccc2nc(SCc2nc3ccccc3[nH]2)n1C1CC1. The molecule has 0 spiro atoms. The molecule has 1 N–H and O–H groups in total. The Bertz CT molecular complexity index is 1070. The van der Waals surface area contributed by atoms with Gasteiger partial charge in [-0.25, -0.2) is 9.97 Å². The first-order valence-electron chi connectivity index (χ1n) is 7.86. The lowest BCUT2D eigenvalue weighted by atomic mass is 10.3. The summed E-state index contributed by atoms with van der Waals surface area (Å²) in [5.74, 6) is 1.58. The number of nitrogens with zero attached hydrogens (tertiary/aromatic N) is 3. The van der Waals surface area contributed by atoms with Gasteiger partial charge in [-0.3, -0.25) is 9.36 Å². The summed E-state index contributed by atoms with van der Waals surface area (Å²) in [6, 6.07) is 10.2. The summed E-state index contributed by atoms with van der Waals surface area (Å²) in [6.45, 7) is 0. The third-order valence-electron chi connectivity index (χ3n) is 4.17. The predicted molar refractivity (Wildman–Crippen MR) is 97.8 cm³/mol. The molecule has 1 aromatic carbocycles. The first-order valence-corrected chi connectivity index (χ1v) is 9.72. The van der Waals surface area contributed by atoms with Crippen molar-refractivity contribution in [2.45, 2.75) is 29.8 Å². The van der Waals surface area contributed by atoms with Crippen molar-refractivity contribution in [2.24, 2.45) is 0 Å². The van der Waals surface area contributed by atoms with Crippen LogP contribution < -0.4 is 5.56 Å². The molecule has 3 aromatic heterocycles. The highest BCUT2D eigenvalue weighted by molar-refractivity contribution is 7.98. The lowest BCUT2D eigenvalue weighted by Crippen LogP contribution is -2.21. The maximum Gasteiger partial charge on any atom is 0.272 e. The number of benzene rings is 1. The highest BCUT2D eigenvalue weighted by atomic mass is 32.2. The molecule has 5 rings (SSSR count). The molecule has 0 aliphatic heterocycles. The molecule has 3 heterocycles. The Hall–Kier alpha value is -2.12. The van der Waals surface area contributed by atoms with E-state index in [2.05, 4.69) is 9.97 Å². The largest absolute Gasteiger partial charge is 0.341 e. The molecule has 4 aromatic rings. The summed E-state index contributed by atoms with van der Waals surface area (Å²) >= 11 is 3.05.